The van der Waals surface area contributed by atoms with E-state index in [-0.39, 0.29) is 30.1 Å². The molecule has 8 rings (SSSR count). The molecule has 0 aromatic carbocycles. The highest BCUT2D eigenvalue weighted by Gasteiger charge is 2.78. The smallest absolute Gasteiger partial charge is 0.426 e. The highest BCUT2D eigenvalue weighted by Crippen LogP contribution is 2.60. The molecule has 0 radical (unpaired) electrons. The Balaban J connectivity index is 0.000000236. The third kappa shape index (κ3) is 14.1. The molecule has 9 atom stereocenters. The van der Waals surface area contributed by atoms with Crippen LogP contribution >= 0.6 is 0 Å². The SMILES string of the molecule is C=C(C)C(=O)OC(C)(C)C.C=C(C)C(=O)OC12CC3CC(CC(O)(C3)C1)C2.C=C(C)C(=O)OC1CC(C(O)(C(F)(F)F)C(F)(F)F)CC(C(O)(C(F)(F)F)C(F)(F)F)C1.C=CC(=O)OC1C2CC3CC(=O)OC1C3C2. The Morgan fingerprint density at radius 3 is 1.47 bits per heavy atom. The number of hydrogen-bond acceptors (Lipinski definition) is 13. The zero-order valence-electron chi connectivity index (χ0n) is 42.1. The molecule has 25 heteroatoms. The van der Waals surface area contributed by atoms with Gasteiger partial charge in [-0.15, -0.1) is 0 Å². The molecule has 8 aliphatic rings. The number of aliphatic hydroxyl groups is 3. The number of alkyl halides is 12. The summed E-state index contributed by atoms with van der Waals surface area (Å²) in [7, 11) is 0. The normalized spacial score (nSPS) is 31.8. The monoisotopic (exact) mass is 1100 g/mol. The van der Waals surface area contributed by atoms with Crippen LogP contribution in [-0.4, -0.2) is 116 Å². The van der Waals surface area contributed by atoms with Gasteiger partial charge in [0.15, 0.2) is 0 Å². The highest BCUT2D eigenvalue weighted by molar-refractivity contribution is 5.88. The van der Waals surface area contributed by atoms with Crippen LogP contribution in [0.5, 0.6) is 0 Å². The van der Waals surface area contributed by atoms with Gasteiger partial charge in [0.1, 0.15) is 29.5 Å². The van der Waals surface area contributed by atoms with Crippen LogP contribution in [0.4, 0.5) is 52.7 Å². The van der Waals surface area contributed by atoms with Crippen LogP contribution in [-0.2, 0) is 47.7 Å². The van der Waals surface area contributed by atoms with E-state index in [9.17, 15) is 92.0 Å². The van der Waals surface area contributed by atoms with Crippen LogP contribution in [0.25, 0.3) is 0 Å². The van der Waals surface area contributed by atoms with E-state index in [0.29, 0.717) is 53.6 Å². The van der Waals surface area contributed by atoms with Crippen molar-refractivity contribution in [2.24, 2.45) is 41.4 Å². The minimum Gasteiger partial charge on any atom is -0.459 e. The van der Waals surface area contributed by atoms with Crippen LogP contribution in [0.1, 0.15) is 119 Å². The maximum atomic E-state index is 13.2. The van der Waals surface area contributed by atoms with Gasteiger partial charge in [-0.3, -0.25) is 4.79 Å². The predicted octanol–water partition coefficient (Wildman–Crippen LogP) is 9.75. The molecule has 13 nitrogen and oxygen atoms in total. The maximum Gasteiger partial charge on any atom is 0.426 e. The van der Waals surface area contributed by atoms with Gasteiger partial charge in [0.2, 0.25) is 0 Å². The fourth-order valence-electron chi connectivity index (χ4n) is 12.0. The van der Waals surface area contributed by atoms with Crippen LogP contribution in [0.3, 0.4) is 0 Å². The fraction of sp³-hybridized carbons (Fsp3) is 0.740. The van der Waals surface area contributed by atoms with Gasteiger partial charge in [0, 0.05) is 59.3 Å². The predicted molar refractivity (Wildman–Crippen MR) is 238 cm³/mol. The van der Waals surface area contributed by atoms with Crippen molar-refractivity contribution in [3.63, 3.8) is 0 Å². The second-order valence-corrected chi connectivity index (χ2v) is 22.2. The zero-order chi connectivity index (χ0) is 57.6. The van der Waals surface area contributed by atoms with Crippen molar-refractivity contribution >= 4 is 29.8 Å². The first-order valence-corrected chi connectivity index (χ1v) is 23.9. The van der Waals surface area contributed by atoms with E-state index in [0.717, 1.165) is 51.5 Å². The lowest BCUT2D eigenvalue weighted by atomic mass is 9.52. The van der Waals surface area contributed by atoms with Gasteiger partial charge >= 0.3 is 54.6 Å². The third-order valence-corrected chi connectivity index (χ3v) is 14.7. The summed E-state index contributed by atoms with van der Waals surface area (Å²) in [4.78, 5) is 56.7. The van der Waals surface area contributed by atoms with Crippen LogP contribution in [0.15, 0.2) is 49.1 Å². The van der Waals surface area contributed by atoms with Gasteiger partial charge in [0.05, 0.1) is 5.60 Å². The molecular formula is C50H64F12O13. The lowest BCUT2D eigenvalue weighted by Crippen LogP contribution is -2.67. The Morgan fingerprint density at radius 2 is 1.09 bits per heavy atom. The summed E-state index contributed by atoms with van der Waals surface area (Å²) < 4.78 is 184. The van der Waals surface area contributed by atoms with Crippen molar-refractivity contribution in [1.29, 1.82) is 0 Å². The number of carbonyl (C=O) groups excluding carboxylic acids is 5. The van der Waals surface area contributed by atoms with E-state index < -0.39 is 107 Å². The molecule has 7 saturated carbocycles. The number of ether oxygens (including phenoxy) is 5. The molecule has 0 aromatic rings. The second-order valence-electron chi connectivity index (χ2n) is 22.2. The Bertz CT molecular complexity index is 2120. The van der Waals surface area contributed by atoms with Gasteiger partial charge in [-0.2, -0.15) is 52.7 Å². The molecule has 3 N–H and O–H groups in total. The molecule has 75 heavy (non-hydrogen) atoms. The quantitative estimate of drug-likeness (QED) is 0.0857. The van der Waals surface area contributed by atoms with E-state index in [1.807, 2.05) is 20.8 Å². The van der Waals surface area contributed by atoms with Crippen molar-refractivity contribution < 1.29 is 116 Å². The van der Waals surface area contributed by atoms with Crippen LogP contribution in [0.2, 0.25) is 0 Å². The number of hydrogen-bond donors (Lipinski definition) is 3. The summed E-state index contributed by atoms with van der Waals surface area (Å²) in [5.41, 5.74) is -12.5. The molecule has 7 aliphatic carbocycles. The first kappa shape index (κ1) is 62.9. The Morgan fingerprint density at radius 1 is 0.640 bits per heavy atom. The number of halogens is 12. The van der Waals surface area contributed by atoms with E-state index in [1.165, 1.54) is 6.42 Å². The second kappa shape index (κ2) is 22.0. The molecule has 426 valence electrons. The Labute approximate surface area is 425 Å². The van der Waals surface area contributed by atoms with Crippen molar-refractivity contribution in [3.05, 3.63) is 49.1 Å². The Kier molecular flexibility index (Phi) is 18.4. The summed E-state index contributed by atoms with van der Waals surface area (Å²) in [5, 5.41) is 29.5. The van der Waals surface area contributed by atoms with Crippen LogP contribution in [0, 0.1) is 41.4 Å². The standard InChI is InChI=1S/C16H16F12O4.C14H20O3.C12H14O4.C8H14O2/c1-6(2)10(29)32-9-4-7(11(30,13(17,18)19)14(20,21)22)3-8(5-9)12(31,15(23,24)25)16(26,27)28;1-9(2)12(15)17-14-6-10-3-11(7-14)5-13(16,4-10)8-14;1-2-9(13)15-11-7-3-6-5-10(14)16-12(11)8(6)4-7;1-6(2)7(9)10-8(3,4)5/h7-9,30-31H,1,3-5H2,2H3;10-11,16H,1,3-8H2,2H3;2,6-8,11-12H,1,3-5H2;1H2,2-5H3. The van der Waals surface area contributed by atoms with Gasteiger partial charge in [0.25, 0.3) is 11.2 Å². The largest absolute Gasteiger partial charge is 0.459 e. The number of rotatable bonds is 9. The van der Waals surface area contributed by atoms with E-state index in [2.05, 4.69) is 31.1 Å². The first-order valence-electron chi connectivity index (χ1n) is 23.9. The van der Waals surface area contributed by atoms with Crippen molar-refractivity contribution in [3.8, 4) is 0 Å². The van der Waals surface area contributed by atoms with E-state index in [1.54, 1.807) is 13.8 Å². The number of carbonyl (C=O) groups is 5. The number of esters is 5. The molecule has 9 unspecified atom stereocenters. The van der Waals surface area contributed by atoms with Crippen molar-refractivity contribution in [2.75, 3.05) is 0 Å². The summed E-state index contributed by atoms with van der Waals surface area (Å²) in [6.45, 7) is 23.2. The molecule has 0 spiro atoms. The minimum atomic E-state index is -6.59. The molecule has 0 aromatic heterocycles. The number of fused-ring (bicyclic) bond motifs is 1. The molecule has 0 amide bonds. The average molecular weight is 1100 g/mol. The summed E-state index contributed by atoms with van der Waals surface area (Å²) >= 11 is 0. The average Bonchev–Trinajstić information content (AvgIpc) is 3.79. The van der Waals surface area contributed by atoms with Gasteiger partial charge in [-0.1, -0.05) is 26.3 Å². The third-order valence-electron chi connectivity index (χ3n) is 14.7. The lowest BCUT2D eigenvalue weighted by Gasteiger charge is -2.59. The topological polar surface area (TPSA) is 192 Å². The highest BCUT2D eigenvalue weighted by atomic mass is 19.4. The summed E-state index contributed by atoms with van der Waals surface area (Å²) in [6.07, 6.45) is -25.4. The molecular weight excluding hydrogens is 1040 g/mol. The summed E-state index contributed by atoms with van der Waals surface area (Å²) in [5.74, 6) is -7.18. The van der Waals surface area contributed by atoms with Crippen LogP contribution < -0.4 is 0 Å². The maximum absolute atomic E-state index is 13.2. The molecule has 1 heterocycles. The van der Waals surface area contributed by atoms with E-state index in [4.69, 9.17) is 18.9 Å². The van der Waals surface area contributed by atoms with E-state index >= 15 is 0 Å². The molecule has 1 aliphatic heterocycles. The molecule has 6 bridgehead atoms. The molecule has 8 fully saturated rings. The van der Waals surface area contributed by atoms with Crippen molar-refractivity contribution in [2.45, 2.75) is 190 Å². The Hall–Kier alpha value is -4.65. The van der Waals surface area contributed by atoms with Gasteiger partial charge in [-0.25, -0.2) is 19.2 Å². The minimum absolute atomic E-state index is 0.147. The van der Waals surface area contributed by atoms with Crippen molar-refractivity contribution in [1.82, 2.24) is 0 Å². The lowest BCUT2D eigenvalue weighted by molar-refractivity contribution is -0.405. The van der Waals surface area contributed by atoms with Gasteiger partial charge < -0.3 is 39.0 Å². The zero-order valence-corrected chi connectivity index (χ0v) is 42.1. The summed E-state index contributed by atoms with van der Waals surface area (Å²) in [6, 6.07) is 0. The van der Waals surface area contributed by atoms with Gasteiger partial charge in [-0.05, 0) is 124 Å². The molecule has 1 saturated heterocycles. The first-order chi connectivity index (χ1) is 33.8. The fourth-order valence-corrected chi connectivity index (χ4v) is 12.0.